The second kappa shape index (κ2) is 6.64. The Morgan fingerprint density at radius 1 is 0.909 bits per heavy atom. The molecule has 3 rings (SSSR count). The topological polar surface area (TPSA) is 23.5 Å². The lowest BCUT2D eigenvalue weighted by Crippen LogP contribution is -2.40. The van der Waals surface area contributed by atoms with Gasteiger partial charge in [0.15, 0.2) is 0 Å². The first-order chi connectivity index (χ1) is 10.7. The first kappa shape index (κ1) is 15.3. The van der Waals surface area contributed by atoms with Crippen molar-refractivity contribution in [1.29, 1.82) is 0 Å². The molecule has 0 unspecified atom stereocenters. The fraction of sp³-hybridized carbons (Fsp3) is 0.400. The molecule has 1 aliphatic carbocycles. The molecular formula is C20H25NO. The molecule has 1 aliphatic rings. The van der Waals surface area contributed by atoms with Crippen LogP contribution in [0.3, 0.4) is 0 Å². The molecule has 1 N–H and O–H groups in total. The number of nitrogens with zero attached hydrogens (tertiary/aromatic N) is 1. The highest BCUT2D eigenvalue weighted by molar-refractivity contribution is 5.18. The fourth-order valence-corrected chi connectivity index (χ4v) is 3.22. The van der Waals surface area contributed by atoms with E-state index in [-0.39, 0.29) is 5.41 Å². The van der Waals surface area contributed by atoms with Crippen molar-refractivity contribution >= 4 is 0 Å². The van der Waals surface area contributed by atoms with Crippen LogP contribution in [-0.4, -0.2) is 22.7 Å². The molecule has 2 nitrogen and oxygen atoms in total. The van der Waals surface area contributed by atoms with Crippen molar-refractivity contribution < 1.29 is 5.11 Å². The van der Waals surface area contributed by atoms with Gasteiger partial charge in [-0.25, -0.2) is 0 Å². The zero-order valence-electron chi connectivity index (χ0n) is 13.3. The highest BCUT2D eigenvalue weighted by atomic mass is 16.3. The van der Waals surface area contributed by atoms with E-state index < -0.39 is 0 Å². The summed E-state index contributed by atoms with van der Waals surface area (Å²) in [5.74, 6) is 0. The highest BCUT2D eigenvalue weighted by Gasteiger charge is 2.48. The smallest absolute Gasteiger partial charge is 0.0502 e. The van der Waals surface area contributed by atoms with Gasteiger partial charge in [0, 0.05) is 24.5 Å². The minimum absolute atomic E-state index is 0.115. The van der Waals surface area contributed by atoms with Crippen LogP contribution in [0.1, 0.15) is 30.9 Å². The third kappa shape index (κ3) is 3.40. The summed E-state index contributed by atoms with van der Waals surface area (Å²) in [6, 6.07) is 21.6. The Labute approximate surface area is 133 Å². The highest BCUT2D eigenvalue weighted by Crippen LogP contribution is 2.50. The van der Waals surface area contributed by atoms with Gasteiger partial charge in [0.05, 0.1) is 6.61 Å². The molecule has 2 aromatic rings. The van der Waals surface area contributed by atoms with Crippen molar-refractivity contribution in [3.8, 4) is 0 Å². The molecular weight excluding hydrogens is 270 g/mol. The largest absolute Gasteiger partial charge is 0.396 e. The molecule has 2 aromatic carbocycles. The van der Waals surface area contributed by atoms with Gasteiger partial charge in [0.1, 0.15) is 0 Å². The third-order valence-electron chi connectivity index (χ3n) is 5.10. The molecule has 0 spiro atoms. The van der Waals surface area contributed by atoms with Crippen LogP contribution in [0.25, 0.3) is 0 Å². The predicted octanol–water partition coefficient (Wildman–Crippen LogP) is 3.85. The molecule has 0 amide bonds. The van der Waals surface area contributed by atoms with E-state index in [1.54, 1.807) is 0 Å². The maximum atomic E-state index is 9.78. The van der Waals surface area contributed by atoms with E-state index in [2.05, 4.69) is 72.5 Å². The molecule has 1 fully saturated rings. The zero-order valence-corrected chi connectivity index (χ0v) is 13.3. The van der Waals surface area contributed by atoms with Gasteiger partial charge in [-0.3, -0.25) is 4.90 Å². The van der Waals surface area contributed by atoms with Crippen LogP contribution in [0.4, 0.5) is 0 Å². The van der Waals surface area contributed by atoms with Gasteiger partial charge in [-0.05, 0) is 30.9 Å². The number of benzene rings is 2. The normalized spacial score (nSPS) is 17.4. The molecule has 2 heteroatoms. The SMILES string of the molecule is C[C@@H](N(Cc1ccccc1)Cc1ccccc1)C1(CO)CC1. The van der Waals surface area contributed by atoms with E-state index in [4.69, 9.17) is 0 Å². The number of aliphatic hydroxyl groups excluding tert-OH is 1. The Morgan fingerprint density at radius 2 is 1.36 bits per heavy atom. The van der Waals surface area contributed by atoms with E-state index in [1.807, 2.05) is 0 Å². The Bertz CT molecular complexity index is 536. The Balaban J connectivity index is 1.79. The molecule has 22 heavy (non-hydrogen) atoms. The number of aliphatic hydroxyl groups is 1. The molecule has 0 saturated heterocycles. The van der Waals surface area contributed by atoms with E-state index in [1.165, 1.54) is 11.1 Å². The molecule has 0 aliphatic heterocycles. The Kier molecular flexibility index (Phi) is 4.60. The second-order valence-electron chi connectivity index (χ2n) is 6.57. The molecule has 1 saturated carbocycles. The number of hydrogen-bond donors (Lipinski definition) is 1. The standard InChI is InChI=1S/C20H25NO/c1-17(20(16-22)12-13-20)21(14-18-8-4-2-5-9-18)15-19-10-6-3-7-11-19/h2-11,17,22H,12-16H2,1H3/t17-/m1/s1. The minimum Gasteiger partial charge on any atom is -0.396 e. The molecule has 0 radical (unpaired) electrons. The second-order valence-corrected chi connectivity index (χ2v) is 6.57. The Morgan fingerprint density at radius 3 is 1.73 bits per heavy atom. The quantitative estimate of drug-likeness (QED) is 0.838. The summed E-state index contributed by atoms with van der Waals surface area (Å²) < 4.78 is 0. The lowest BCUT2D eigenvalue weighted by atomic mass is 9.96. The zero-order chi connectivity index (χ0) is 15.4. The Hall–Kier alpha value is -1.64. The van der Waals surface area contributed by atoms with Gasteiger partial charge in [-0.2, -0.15) is 0 Å². The average molecular weight is 295 g/mol. The fourth-order valence-electron chi connectivity index (χ4n) is 3.22. The first-order valence-corrected chi connectivity index (χ1v) is 8.16. The number of rotatable bonds is 7. The maximum absolute atomic E-state index is 9.78. The molecule has 116 valence electrons. The van der Waals surface area contributed by atoms with Crippen LogP contribution >= 0.6 is 0 Å². The molecule has 0 bridgehead atoms. The summed E-state index contributed by atoms with van der Waals surface area (Å²) in [7, 11) is 0. The monoisotopic (exact) mass is 295 g/mol. The third-order valence-corrected chi connectivity index (χ3v) is 5.10. The van der Waals surface area contributed by atoms with Crippen molar-refractivity contribution in [2.75, 3.05) is 6.61 Å². The first-order valence-electron chi connectivity index (χ1n) is 8.16. The summed E-state index contributed by atoms with van der Waals surface area (Å²) in [5.41, 5.74) is 2.78. The van der Waals surface area contributed by atoms with E-state index >= 15 is 0 Å². The number of hydrogen-bond acceptors (Lipinski definition) is 2. The van der Waals surface area contributed by atoms with Crippen molar-refractivity contribution in [1.82, 2.24) is 4.90 Å². The van der Waals surface area contributed by atoms with Gasteiger partial charge in [0.2, 0.25) is 0 Å². The predicted molar refractivity (Wildman–Crippen MR) is 90.3 cm³/mol. The average Bonchev–Trinajstić information content (AvgIpc) is 3.37. The van der Waals surface area contributed by atoms with Gasteiger partial charge in [0.25, 0.3) is 0 Å². The van der Waals surface area contributed by atoms with Crippen molar-refractivity contribution in [2.45, 2.75) is 38.9 Å². The van der Waals surface area contributed by atoms with E-state index in [9.17, 15) is 5.11 Å². The summed E-state index contributed by atoms with van der Waals surface area (Å²) in [4.78, 5) is 2.51. The maximum Gasteiger partial charge on any atom is 0.0502 e. The van der Waals surface area contributed by atoms with Crippen LogP contribution in [0.5, 0.6) is 0 Å². The summed E-state index contributed by atoms with van der Waals surface area (Å²) in [6.45, 7) is 4.43. The van der Waals surface area contributed by atoms with Crippen molar-refractivity contribution in [3.63, 3.8) is 0 Å². The van der Waals surface area contributed by atoms with Crippen LogP contribution in [0.2, 0.25) is 0 Å². The van der Waals surface area contributed by atoms with Gasteiger partial charge in [-0.1, -0.05) is 60.7 Å². The molecule has 0 aromatic heterocycles. The lowest BCUT2D eigenvalue weighted by molar-refractivity contribution is 0.0803. The summed E-state index contributed by atoms with van der Waals surface area (Å²) in [6.07, 6.45) is 2.29. The van der Waals surface area contributed by atoms with Crippen molar-refractivity contribution in [2.24, 2.45) is 5.41 Å². The molecule has 1 atom stereocenters. The van der Waals surface area contributed by atoms with Crippen LogP contribution < -0.4 is 0 Å². The van der Waals surface area contributed by atoms with Crippen LogP contribution in [-0.2, 0) is 13.1 Å². The van der Waals surface area contributed by atoms with Crippen LogP contribution in [0.15, 0.2) is 60.7 Å². The van der Waals surface area contributed by atoms with Crippen molar-refractivity contribution in [3.05, 3.63) is 71.8 Å². The summed E-state index contributed by atoms with van der Waals surface area (Å²) >= 11 is 0. The van der Waals surface area contributed by atoms with Crippen LogP contribution in [0, 0.1) is 5.41 Å². The van der Waals surface area contributed by atoms with Gasteiger partial charge < -0.3 is 5.11 Å². The minimum atomic E-state index is 0.115. The van der Waals surface area contributed by atoms with Gasteiger partial charge >= 0.3 is 0 Å². The van der Waals surface area contributed by atoms with E-state index in [0.29, 0.717) is 12.6 Å². The lowest BCUT2D eigenvalue weighted by Gasteiger charge is -2.34. The molecule has 0 heterocycles. The van der Waals surface area contributed by atoms with E-state index in [0.717, 1.165) is 25.9 Å². The summed E-state index contributed by atoms with van der Waals surface area (Å²) in [5, 5.41) is 9.78. The van der Waals surface area contributed by atoms with Gasteiger partial charge in [-0.15, -0.1) is 0 Å².